The minimum absolute atomic E-state index is 0.631. The van der Waals surface area contributed by atoms with Gasteiger partial charge in [0.15, 0.2) is 0 Å². The third-order valence-corrected chi connectivity index (χ3v) is 3.63. The van der Waals surface area contributed by atoms with Crippen molar-refractivity contribution in [2.24, 2.45) is 0 Å². The van der Waals surface area contributed by atoms with Gasteiger partial charge in [-0.2, -0.15) is 10.4 Å². The van der Waals surface area contributed by atoms with Gasteiger partial charge in [0.2, 0.25) is 0 Å². The van der Waals surface area contributed by atoms with Crippen molar-refractivity contribution in [1.29, 1.82) is 5.26 Å². The van der Waals surface area contributed by atoms with Crippen LogP contribution in [0.4, 0.5) is 0 Å². The second-order valence-electron chi connectivity index (χ2n) is 3.98. The minimum atomic E-state index is 0.631. The summed E-state index contributed by atoms with van der Waals surface area (Å²) in [6, 6.07) is 7.74. The highest BCUT2D eigenvalue weighted by atomic mass is 79.9. The first-order chi connectivity index (χ1) is 8.04. The number of hydrogen-bond donors (Lipinski definition) is 0. The molecule has 0 N–H and O–H groups in total. The van der Waals surface area contributed by atoms with Crippen molar-refractivity contribution < 1.29 is 0 Å². The largest absolute Gasteiger partial charge is 0.238 e. The lowest BCUT2D eigenvalue weighted by Gasteiger charge is -2.05. The highest BCUT2D eigenvalue weighted by Crippen LogP contribution is 2.22. The van der Waals surface area contributed by atoms with Crippen LogP contribution in [0.25, 0.3) is 5.69 Å². The van der Waals surface area contributed by atoms with Gasteiger partial charge in [-0.25, -0.2) is 4.68 Å². The maximum absolute atomic E-state index is 8.88. The molecule has 0 amide bonds. The van der Waals surface area contributed by atoms with Crippen molar-refractivity contribution in [2.75, 3.05) is 0 Å². The van der Waals surface area contributed by atoms with Gasteiger partial charge < -0.3 is 0 Å². The minimum Gasteiger partial charge on any atom is -0.238 e. The van der Waals surface area contributed by atoms with Crippen molar-refractivity contribution >= 4 is 15.9 Å². The molecule has 4 heteroatoms. The van der Waals surface area contributed by atoms with Crippen molar-refractivity contribution in [1.82, 2.24) is 9.78 Å². The number of halogens is 1. The van der Waals surface area contributed by atoms with E-state index in [9.17, 15) is 0 Å². The molecule has 3 nitrogen and oxygen atoms in total. The van der Waals surface area contributed by atoms with Crippen LogP contribution < -0.4 is 0 Å². The Morgan fingerprint density at radius 2 is 2.00 bits per heavy atom. The van der Waals surface area contributed by atoms with E-state index in [1.54, 1.807) is 6.07 Å². The highest BCUT2D eigenvalue weighted by molar-refractivity contribution is 9.10. The Morgan fingerprint density at radius 3 is 2.47 bits per heavy atom. The molecule has 0 spiro atoms. The molecule has 0 bridgehead atoms. The smallest absolute Gasteiger partial charge is 0.100 e. The topological polar surface area (TPSA) is 41.6 Å². The molecular weight excluding hydrogens is 278 g/mol. The number of hydrogen-bond acceptors (Lipinski definition) is 2. The number of rotatable bonds is 1. The lowest BCUT2D eigenvalue weighted by molar-refractivity contribution is 0.832. The second-order valence-corrected chi connectivity index (χ2v) is 4.84. The standard InChI is InChI=1S/C13H12BrN3/c1-8-9(2)16-17(10(8)3)12-5-4-11(7-15)13(14)6-12/h4-6H,1-3H3. The fourth-order valence-electron chi connectivity index (χ4n) is 1.70. The summed E-state index contributed by atoms with van der Waals surface area (Å²) in [4.78, 5) is 0. The lowest BCUT2D eigenvalue weighted by atomic mass is 10.2. The highest BCUT2D eigenvalue weighted by Gasteiger charge is 2.10. The van der Waals surface area contributed by atoms with Crippen LogP contribution in [0, 0.1) is 32.1 Å². The average molecular weight is 290 g/mol. The third-order valence-electron chi connectivity index (χ3n) is 2.97. The van der Waals surface area contributed by atoms with Crippen LogP contribution in [-0.4, -0.2) is 9.78 Å². The first-order valence-electron chi connectivity index (χ1n) is 5.27. The van der Waals surface area contributed by atoms with Crippen LogP contribution in [0.2, 0.25) is 0 Å². The second kappa shape index (κ2) is 4.34. The summed E-state index contributed by atoms with van der Waals surface area (Å²) in [5.74, 6) is 0. The first-order valence-corrected chi connectivity index (χ1v) is 6.06. The average Bonchev–Trinajstić information content (AvgIpc) is 2.57. The molecule has 0 radical (unpaired) electrons. The quantitative estimate of drug-likeness (QED) is 0.807. The van der Waals surface area contributed by atoms with Gasteiger partial charge in [0.25, 0.3) is 0 Å². The number of benzene rings is 1. The SMILES string of the molecule is Cc1nn(-c2ccc(C#N)c(Br)c2)c(C)c1C. The van der Waals surface area contributed by atoms with Gasteiger partial charge in [0, 0.05) is 10.2 Å². The molecule has 0 unspecified atom stereocenters. The van der Waals surface area contributed by atoms with Gasteiger partial charge in [0.05, 0.1) is 16.9 Å². The number of aromatic nitrogens is 2. The van der Waals surface area contributed by atoms with Crippen molar-refractivity contribution in [3.05, 3.63) is 45.2 Å². The van der Waals surface area contributed by atoms with Gasteiger partial charge in [-0.3, -0.25) is 0 Å². The number of nitrogens with zero attached hydrogens (tertiary/aromatic N) is 3. The summed E-state index contributed by atoms with van der Waals surface area (Å²) in [6.45, 7) is 6.10. The van der Waals surface area contributed by atoms with Gasteiger partial charge in [-0.1, -0.05) is 0 Å². The summed E-state index contributed by atoms with van der Waals surface area (Å²) in [5, 5.41) is 13.4. The molecule has 0 saturated heterocycles. The van der Waals surface area contributed by atoms with E-state index >= 15 is 0 Å². The molecule has 0 aliphatic heterocycles. The monoisotopic (exact) mass is 289 g/mol. The summed E-state index contributed by atoms with van der Waals surface area (Å²) in [5.41, 5.74) is 4.95. The zero-order valence-electron chi connectivity index (χ0n) is 9.95. The molecule has 1 aromatic carbocycles. The Morgan fingerprint density at radius 1 is 1.29 bits per heavy atom. The molecule has 2 aromatic rings. The van der Waals surface area contributed by atoms with Crippen LogP contribution in [0.5, 0.6) is 0 Å². The molecule has 0 aliphatic rings. The van der Waals surface area contributed by atoms with E-state index in [1.165, 1.54) is 5.56 Å². The lowest BCUT2D eigenvalue weighted by Crippen LogP contribution is -1.99. The van der Waals surface area contributed by atoms with Gasteiger partial charge in [-0.15, -0.1) is 0 Å². The van der Waals surface area contributed by atoms with Gasteiger partial charge in [0.1, 0.15) is 6.07 Å². The fraction of sp³-hybridized carbons (Fsp3) is 0.231. The van der Waals surface area contributed by atoms with E-state index in [1.807, 2.05) is 30.7 Å². The molecule has 0 aliphatic carbocycles. The number of aryl methyl sites for hydroxylation is 1. The van der Waals surface area contributed by atoms with Crippen LogP contribution in [0.15, 0.2) is 22.7 Å². The molecule has 86 valence electrons. The van der Waals surface area contributed by atoms with Crippen LogP contribution in [-0.2, 0) is 0 Å². The zero-order chi connectivity index (χ0) is 12.6. The van der Waals surface area contributed by atoms with E-state index in [4.69, 9.17) is 5.26 Å². The molecule has 17 heavy (non-hydrogen) atoms. The normalized spacial score (nSPS) is 10.3. The van der Waals surface area contributed by atoms with Crippen LogP contribution in [0.3, 0.4) is 0 Å². The van der Waals surface area contributed by atoms with Crippen LogP contribution >= 0.6 is 15.9 Å². The predicted molar refractivity (Wildman–Crippen MR) is 70.2 cm³/mol. The Hall–Kier alpha value is -1.60. The van der Waals surface area contributed by atoms with E-state index in [-0.39, 0.29) is 0 Å². The summed E-state index contributed by atoms with van der Waals surface area (Å²) < 4.78 is 2.69. The van der Waals surface area contributed by atoms with E-state index < -0.39 is 0 Å². The van der Waals surface area contributed by atoms with Gasteiger partial charge in [-0.05, 0) is 60.5 Å². The maximum Gasteiger partial charge on any atom is 0.100 e. The Balaban J connectivity index is 2.58. The molecule has 1 heterocycles. The summed E-state index contributed by atoms with van der Waals surface area (Å²) in [6.07, 6.45) is 0. The predicted octanol–water partition coefficient (Wildman–Crippen LogP) is 3.43. The summed E-state index contributed by atoms with van der Waals surface area (Å²) in [7, 11) is 0. The Kier molecular flexibility index (Phi) is 3.03. The van der Waals surface area contributed by atoms with Crippen molar-refractivity contribution in [2.45, 2.75) is 20.8 Å². The van der Waals surface area contributed by atoms with Crippen molar-refractivity contribution in [3.8, 4) is 11.8 Å². The molecule has 0 atom stereocenters. The Labute approximate surface area is 109 Å². The van der Waals surface area contributed by atoms with Crippen LogP contribution in [0.1, 0.15) is 22.5 Å². The molecule has 2 rings (SSSR count). The maximum atomic E-state index is 8.88. The van der Waals surface area contributed by atoms with E-state index in [0.29, 0.717) is 5.56 Å². The molecule has 1 aromatic heterocycles. The molecule has 0 saturated carbocycles. The van der Waals surface area contributed by atoms with Crippen molar-refractivity contribution in [3.63, 3.8) is 0 Å². The van der Waals surface area contributed by atoms with E-state index in [2.05, 4.69) is 34.0 Å². The molecular formula is C13H12BrN3. The summed E-state index contributed by atoms with van der Waals surface area (Å²) >= 11 is 3.39. The number of nitriles is 1. The Bertz CT molecular complexity index is 620. The first kappa shape index (κ1) is 11.9. The zero-order valence-corrected chi connectivity index (χ0v) is 11.5. The molecule has 0 fully saturated rings. The van der Waals surface area contributed by atoms with E-state index in [0.717, 1.165) is 21.5 Å². The van der Waals surface area contributed by atoms with Gasteiger partial charge >= 0.3 is 0 Å². The third kappa shape index (κ3) is 1.98. The fourth-order valence-corrected chi connectivity index (χ4v) is 2.15.